The van der Waals surface area contributed by atoms with Crippen molar-refractivity contribution >= 4 is 29.4 Å². The lowest BCUT2D eigenvalue weighted by Gasteiger charge is -2.23. The molecular weight excluding hydrogens is 312 g/mol. The second kappa shape index (κ2) is 8.50. The third-order valence-corrected chi connectivity index (χ3v) is 4.15. The highest BCUT2D eigenvalue weighted by Gasteiger charge is 2.27. The number of halogens is 1. The number of ketones is 1. The Hall–Kier alpha value is -2.12. The molecule has 23 heavy (non-hydrogen) atoms. The Morgan fingerprint density at radius 3 is 2.70 bits per heavy atom. The molecule has 0 bridgehead atoms. The number of nitrogens with one attached hydrogen (secondary N) is 1. The van der Waals surface area contributed by atoms with Crippen molar-refractivity contribution in [2.75, 3.05) is 0 Å². The number of hydrogen-bond donors (Lipinski definition) is 1. The summed E-state index contributed by atoms with van der Waals surface area (Å²) in [5.41, 5.74) is 0.746. The standard InChI is InChI=1S/C18H19ClN2O2/c19-14-6-4-5-13(11-14)9-10-17(22)16(12-20)18(23)21-15-7-2-1-3-8-15/h4-6,9-11,15-16H,1-3,7-8H2,(H,21,23)/b10-9-/t16-/m0/s1. The van der Waals surface area contributed by atoms with Crippen molar-refractivity contribution in [1.82, 2.24) is 5.32 Å². The van der Waals surface area contributed by atoms with Crippen LogP contribution in [-0.2, 0) is 9.59 Å². The van der Waals surface area contributed by atoms with E-state index >= 15 is 0 Å². The van der Waals surface area contributed by atoms with Crippen molar-refractivity contribution in [1.29, 1.82) is 5.26 Å². The summed E-state index contributed by atoms with van der Waals surface area (Å²) in [7, 11) is 0. The molecule has 4 nitrogen and oxygen atoms in total. The number of carbonyl (C=O) groups excluding carboxylic acids is 2. The Bertz CT molecular complexity index is 643. The predicted molar refractivity (Wildman–Crippen MR) is 89.6 cm³/mol. The van der Waals surface area contributed by atoms with E-state index in [1.54, 1.807) is 36.4 Å². The number of rotatable bonds is 5. The highest BCUT2D eigenvalue weighted by atomic mass is 35.5. The lowest BCUT2D eigenvalue weighted by Crippen LogP contribution is -2.41. The second-order valence-electron chi connectivity index (χ2n) is 5.70. The number of hydrogen-bond acceptors (Lipinski definition) is 3. The first kappa shape index (κ1) is 17.2. The summed E-state index contributed by atoms with van der Waals surface area (Å²) in [5, 5.41) is 12.5. The summed E-state index contributed by atoms with van der Waals surface area (Å²) in [4.78, 5) is 24.3. The Kier molecular flexibility index (Phi) is 6.37. The highest BCUT2D eigenvalue weighted by molar-refractivity contribution is 6.30. The molecule has 0 heterocycles. The van der Waals surface area contributed by atoms with Crippen LogP contribution in [0, 0.1) is 17.2 Å². The molecule has 1 amide bonds. The third kappa shape index (κ3) is 5.22. The summed E-state index contributed by atoms with van der Waals surface area (Å²) < 4.78 is 0. The topological polar surface area (TPSA) is 70.0 Å². The summed E-state index contributed by atoms with van der Waals surface area (Å²) in [5.74, 6) is -2.31. The van der Waals surface area contributed by atoms with Gasteiger partial charge in [0.1, 0.15) is 0 Å². The van der Waals surface area contributed by atoms with Gasteiger partial charge in [-0.15, -0.1) is 0 Å². The van der Waals surface area contributed by atoms with E-state index in [0.717, 1.165) is 31.2 Å². The van der Waals surface area contributed by atoms with Gasteiger partial charge in [-0.05, 0) is 36.6 Å². The number of nitrogens with zero attached hydrogens (tertiary/aromatic N) is 1. The molecule has 1 fully saturated rings. The number of benzene rings is 1. The molecule has 1 saturated carbocycles. The smallest absolute Gasteiger partial charge is 0.245 e. The first-order valence-corrected chi connectivity index (χ1v) is 8.15. The van der Waals surface area contributed by atoms with Gasteiger partial charge in [-0.25, -0.2) is 0 Å². The van der Waals surface area contributed by atoms with E-state index in [1.165, 1.54) is 12.5 Å². The SMILES string of the molecule is N#C[C@@H](C(=O)/C=C\c1cccc(Cl)c1)C(=O)NC1CCCCC1. The van der Waals surface area contributed by atoms with E-state index in [-0.39, 0.29) is 6.04 Å². The molecule has 0 radical (unpaired) electrons. The lowest BCUT2D eigenvalue weighted by atomic mass is 9.94. The number of nitriles is 1. The van der Waals surface area contributed by atoms with Crippen LogP contribution in [0.4, 0.5) is 0 Å². The molecule has 1 aliphatic carbocycles. The fraction of sp³-hybridized carbons (Fsp3) is 0.389. The zero-order chi connectivity index (χ0) is 16.7. The van der Waals surface area contributed by atoms with Crippen LogP contribution in [0.2, 0.25) is 5.02 Å². The van der Waals surface area contributed by atoms with Gasteiger partial charge in [0.25, 0.3) is 0 Å². The Balaban J connectivity index is 1.97. The molecule has 5 heteroatoms. The minimum Gasteiger partial charge on any atom is -0.352 e. The molecule has 1 N–H and O–H groups in total. The molecule has 2 rings (SSSR count). The van der Waals surface area contributed by atoms with Gasteiger partial charge >= 0.3 is 0 Å². The van der Waals surface area contributed by atoms with Crippen LogP contribution in [-0.4, -0.2) is 17.7 Å². The first-order valence-electron chi connectivity index (χ1n) is 7.77. The molecule has 0 aliphatic heterocycles. The highest BCUT2D eigenvalue weighted by Crippen LogP contribution is 2.18. The summed E-state index contributed by atoms with van der Waals surface area (Å²) in [6.07, 6.45) is 7.98. The predicted octanol–water partition coefficient (Wildman–Crippen LogP) is 3.51. The largest absolute Gasteiger partial charge is 0.352 e. The quantitative estimate of drug-likeness (QED) is 0.663. The normalized spacial score (nSPS) is 16.7. The van der Waals surface area contributed by atoms with E-state index in [4.69, 9.17) is 16.9 Å². The summed E-state index contributed by atoms with van der Waals surface area (Å²) in [6.45, 7) is 0. The second-order valence-corrected chi connectivity index (χ2v) is 6.13. The van der Waals surface area contributed by atoms with Crippen LogP contribution in [0.3, 0.4) is 0 Å². The minimum absolute atomic E-state index is 0.0804. The minimum atomic E-state index is -1.30. The van der Waals surface area contributed by atoms with Gasteiger partial charge in [-0.2, -0.15) is 5.26 Å². The van der Waals surface area contributed by atoms with Crippen LogP contribution in [0.5, 0.6) is 0 Å². The number of carbonyl (C=O) groups is 2. The monoisotopic (exact) mass is 330 g/mol. The number of allylic oxidation sites excluding steroid dienone is 1. The molecule has 1 aliphatic rings. The zero-order valence-electron chi connectivity index (χ0n) is 12.8. The zero-order valence-corrected chi connectivity index (χ0v) is 13.6. The van der Waals surface area contributed by atoms with Crippen LogP contribution in [0.25, 0.3) is 6.08 Å². The maximum absolute atomic E-state index is 12.1. The fourth-order valence-corrected chi connectivity index (χ4v) is 2.87. The third-order valence-electron chi connectivity index (χ3n) is 3.92. The van der Waals surface area contributed by atoms with Gasteiger partial charge in [-0.3, -0.25) is 9.59 Å². The Morgan fingerprint density at radius 2 is 2.04 bits per heavy atom. The van der Waals surface area contributed by atoms with Gasteiger partial charge in [0.05, 0.1) is 6.07 Å². The van der Waals surface area contributed by atoms with Crippen LogP contribution in [0.1, 0.15) is 37.7 Å². The molecular formula is C18H19ClN2O2. The Morgan fingerprint density at radius 1 is 1.30 bits per heavy atom. The van der Waals surface area contributed by atoms with E-state index in [1.807, 2.05) is 0 Å². The fourth-order valence-electron chi connectivity index (χ4n) is 2.67. The van der Waals surface area contributed by atoms with Crippen LogP contribution < -0.4 is 5.32 Å². The molecule has 0 aromatic heterocycles. The van der Waals surface area contributed by atoms with Crippen molar-refractivity contribution < 1.29 is 9.59 Å². The van der Waals surface area contributed by atoms with Crippen LogP contribution >= 0.6 is 11.6 Å². The summed E-state index contributed by atoms with van der Waals surface area (Å²) >= 11 is 5.87. The number of amides is 1. The summed E-state index contributed by atoms with van der Waals surface area (Å²) in [6, 6.07) is 8.87. The van der Waals surface area contributed by atoms with Crippen molar-refractivity contribution in [3.63, 3.8) is 0 Å². The molecule has 1 aromatic rings. The molecule has 1 aromatic carbocycles. The van der Waals surface area contributed by atoms with E-state index in [9.17, 15) is 9.59 Å². The average molecular weight is 331 g/mol. The molecule has 0 saturated heterocycles. The van der Waals surface area contributed by atoms with Crippen molar-refractivity contribution in [3.05, 3.63) is 40.9 Å². The first-order chi connectivity index (χ1) is 11.1. The van der Waals surface area contributed by atoms with E-state index in [2.05, 4.69) is 5.32 Å². The van der Waals surface area contributed by atoms with Gasteiger partial charge in [0, 0.05) is 11.1 Å². The maximum atomic E-state index is 12.1. The van der Waals surface area contributed by atoms with Gasteiger partial charge in [-0.1, -0.05) is 49.1 Å². The maximum Gasteiger partial charge on any atom is 0.245 e. The van der Waals surface area contributed by atoms with Crippen molar-refractivity contribution in [2.24, 2.45) is 5.92 Å². The van der Waals surface area contributed by atoms with E-state index in [0.29, 0.717) is 5.02 Å². The van der Waals surface area contributed by atoms with Gasteiger partial charge < -0.3 is 5.32 Å². The van der Waals surface area contributed by atoms with Gasteiger partial charge in [0.2, 0.25) is 5.91 Å². The van der Waals surface area contributed by atoms with Gasteiger partial charge in [0.15, 0.2) is 11.7 Å². The average Bonchev–Trinajstić information content (AvgIpc) is 2.54. The van der Waals surface area contributed by atoms with Crippen molar-refractivity contribution in [3.8, 4) is 6.07 Å². The van der Waals surface area contributed by atoms with Crippen LogP contribution in [0.15, 0.2) is 30.3 Å². The molecule has 1 atom stereocenters. The lowest BCUT2D eigenvalue weighted by molar-refractivity contribution is -0.130. The molecule has 120 valence electrons. The Labute approximate surface area is 141 Å². The molecule has 0 unspecified atom stereocenters. The molecule has 0 spiro atoms. The van der Waals surface area contributed by atoms with E-state index < -0.39 is 17.6 Å². The van der Waals surface area contributed by atoms with Crippen molar-refractivity contribution in [2.45, 2.75) is 38.1 Å².